The third-order valence-corrected chi connectivity index (χ3v) is 6.37. The smallest absolute Gasteiger partial charge is 0.233 e. The highest BCUT2D eigenvalue weighted by molar-refractivity contribution is 5.98. The summed E-state index contributed by atoms with van der Waals surface area (Å²) in [7, 11) is 2.08. The second-order valence-electron chi connectivity index (χ2n) is 9.18. The summed E-state index contributed by atoms with van der Waals surface area (Å²) in [6, 6.07) is 17.9. The fraction of sp³-hybridized carbons (Fsp3) is 0.250. The second kappa shape index (κ2) is 10.8. The Morgan fingerprint density at radius 1 is 0.973 bits per heavy atom. The normalized spacial score (nSPS) is 14.0. The van der Waals surface area contributed by atoms with Crippen molar-refractivity contribution in [3.8, 4) is 11.4 Å². The molecule has 2 aromatic heterocycles. The van der Waals surface area contributed by atoms with Crippen LogP contribution < -0.4 is 10.2 Å². The molecule has 8 nitrogen and oxygen atoms in total. The second-order valence-corrected chi connectivity index (χ2v) is 9.18. The predicted molar refractivity (Wildman–Crippen MR) is 142 cm³/mol. The fourth-order valence-electron chi connectivity index (χ4n) is 4.10. The maximum atomic E-state index is 14.3. The number of aryl methyl sites for hydroxylation is 1. The van der Waals surface area contributed by atoms with E-state index < -0.39 is 0 Å². The van der Waals surface area contributed by atoms with Gasteiger partial charge in [-0.15, -0.1) is 0 Å². The lowest BCUT2D eigenvalue weighted by molar-refractivity contribution is 0.0993. The number of ketones is 1. The molecule has 4 aromatic rings. The Bertz CT molecular complexity index is 1410. The van der Waals surface area contributed by atoms with Crippen LogP contribution in [-0.2, 0) is 6.42 Å². The van der Waals surface area contributed by atoms with Gasteiger partial charge in [-0.1, -0.05) is 42.5 Å². The summed E-state index contributed by atoms with van der Waals surface area (Å²) in [5.41, 5.74) is 2.60. The molecule has 0 saturated carbocycles. The summed E-state index contributed by atoms with van der Waals surface area (Å²) in [5, 5.41) is 3.13. The SMILES string of the molecule is Cc1ccc(-c2nc(Nc3cc(C(=O)Cc4ccccc4)ccn3)nc(N3CCN(C)CC3)n2)cc1F. The highest BCUT2D eigenvalue weighted by atomic mass is 19.1. The summed E-state index contributed by atoms with van der Waals surface area (Å²) in [4.78, 5) is 35.4. The van der Waals surface area contributed by atoms with E-state index in [4.69, 9.17) is 0 Å². The molecular formula is C28H28FN7O. The maximum Gasteiger partial charge on any atom is 0.233 e. The van der Waals surface area contributed by atoms with E-state index >= 15 is 0 Å². The van der Waals surface area contributed by atoms with Crippen molar-refractivity contribution < 1.29 is 9.18 Å². The van der Waals surface area contributed by atoms with Gasteiger partial charge < -0.3 is 15.1 Å². The molecule has 0 amide bonds. The molecule has 37 heavy (non-hydrogen) atoms. The van der Waals surface area contributed by atoms with E-state index in [1.54, 1.807) is 37.4 Å². The van der Waals surface area contributed by atoms with Crippen molar-refractivity contribution in [3.05, 3.63) is 89.4 Å². The molecular weight excluding hydrogens is 469 g/mol. The van der Waals surface area contributed by atoms with Crippen molar-refractivity contribution in [1.82, 2.24) is 24.8 Å². The maximum absolute atomic E-state index is 14.3. The third-order valence-electron chi connectivity index (χ3n) is 6.37. The molecule has 1 saturated heterocycles. The van der Waals surface area contributed by atoms with Gasteiger partial charge in [0, 0.05) is 49.9 Å². The van der Waals surface area contributed by atoms with Gasteiger partial charge in [0.1, 0.15) is 11.6 Å². The average Bonchev–Trinajstić information content (AvgIpc) is 2.91. The van der Waals surface area contributed by atoms with Crippen LogP contribution in [0, 0.1) is 12.7 Å². The van der Waals surface area contributed by atoms with Crippen molar-refractivity contribution in [1.29, 1.82) is 0 Å². The highest BCUT2D eigenvalue weighted by Crippen LogP contribution is 2.24. The molecule has 2 aromatic carbocycles. The van der Waals surface area contributed by atoms with Crippen LogP contribution in [0.15, 0.2) is 66.9 Å². The average molecular weight is 498 g/mol. The molecule has 0 spiro atoms. The Morgan fingerprint density at radius 3 is 2.51 bits per heavy atom. The Hall–Kier alpha value is -4.24. The fourth-order valence-corrected chi connectivity index (χ4v) is 4.10. The van der Waals surface area contributed by atoms with E-state index in [0.29, 0.717) is 40.7 Å². The van der Waals surface area contributed by atoms with Crippen molar-refractivity contribution >= 4 is 23.5 Å². The number of carbonyl (C=O) groups excluding carboxylic acids is 1. The van der Waals surface area contributed by atoms with Gasteiger partial charge in [0.05, 0.1) is 0 Å². The lowest BCUT2D eigenvalue weighted by Crippen LogP contribution is -2.45. The summed E-state index contributed by atoms with van der Waals surface area (Å²) in [6.07, 6.45) is 1.88. The molecule has 0 radical (unpaired) electrons. The minimum Gasteiger partial charge on any atom is -0.338 e. The number of pyridine rings is 1. The van der Waals surface area contributed by atoms with Gasteiger partial charge in [-0.25, -0.2) is 9.37 Å². The lowest BCUT2D eigenvalue weighted by Gasteiger charge is -2.32. The minimum atomic E-state index is -0.320. The Balaban J connectivity index is 1.44. The topological polar surface area (TPSA) is 87.1 Å². The predicted octanol–water partition coefficient (Wildman–Crippen LogP) is 4.30. The first-order chi connectivity index (χ1) is 17.9. The minimum absolute atomic E-state index is 0.0127. The first-order valence-electron chi connectivity index (χ1n) is 12.2. The largest absolute Gasteiger partial charge is 0.338 e. The molecule has 188 valence electrons. The van der Waals surface area contributed by atoms with E-state index in [1.165, 1.54) is 6.07 Å². The van der Waals surface area contributed by atoms with Gasteiger partial charge in [-0.05, 0) is 43.3 Å². The molecule has 1 aliphatic rings. The summed E-state index contributed by atoms with van der Waals surface area (Å²) in [5.74, 6) is 1.26. The van der Waals surface area contributed by atoms with Gasteiger partial charge in [0.15, 0.2) is 11.6 Å². The van der Waals surface area contributed by atoms with Gasteiger partial charge in [0.25, 0.3) is 0 Å². The number of piperazine rings is 1. The first kappa shape index (κ1) is 24.5. The number of rotatable bonds is 7. The quantitative estimate of drug-likeness (QED) is 0.378. The number of hydrogen-bond donors (Lipinski definition) is 1. The van der Waals surface area contributed by atoms with E-state index in [1.807, 2.05) is 30.3 Å². The van der Waals surface area contributed by atoms with Crippen molar-refractivity contribution in [2.24, 2.45) is 0 Å². The molecule has 9 heteroatoms. The number of carbonyl (C=O) groups is 1. The van der Waals surface area contributed by atoms with Crippen LogP contribution in [0.1, 0.15) is 21.5 Å². The van der Waals surface area contributed by atoms with E-state index in [0.717, 1.165) is 31.7 Å². The molecule has 1 fully saturated rings. The summed E-state index contributed by atoms with van der Waals surface area (Å²) in [6.45, 7) is 5.02. The molecule has 0 bridgehead atoms. The number of nitrogens with zero attached hydrogens (tertiary/aromatic N) is 6. The third kappa shape index (κ3) is 5.95. The number of likely N-dealkylation sites (N-methyl/N-ethyl adjacent to an activating group) is 1. The van der Waals surface area contributed by atoms with Crippen LogP contribution in [-0.4, -0.2) is 63.8 Å². The van der Waals surface area contributed by atoms with Crippen LogP contribution >= 0.6 is 0 Å². The summed E-state index contributed by atoms with van der Waals surface area (Å²) >= 11 is 0. The van der Waals surface area contributed by atoms with Gasteiger partial charge in [0.2, 0.25) is 11.9 Å². The highest BCUT2D eigenvalue weighted by Gasteiger charge is 2.20. The molecule has 1 aliphatic heterocycles. The Labute approximate surface area is 215 Å². The van der Waals surface area contributed by atoms with Gasteiger partial charge in [-0.3, -0.25) is 4.79 Å². The van der Waals surface area contributed by atoms with Crippen molar-refractivity contribution in [2.45, 2.75) is 13.3 Å². The van der Waals surface area contributed by atoms with Crippen LogP contribution in [0.4, 0.5) is 22.1 Å². The molecule has 0 unspecified atom stereocenters. The molecule has 5 rings (SSSR count). The van der Waals surface area contributed by atoms with E-state index in [2.05, 4.69) is 42.1 Å². The van der Waals surface area contributed by atoms with Crippen LogP contribution in [0.25, 0.3) is 11.4 Å². The number of nitrogens with one attached hydrogen (secondary N) is 1. The summed E-state index contributed by atoms with van der Waals surface area (Å²) < 4.78 is 14.3. The number of benzene rings is 2. The standard InChI is InChI=1S/C28H28FN7O/c1-19-8-9-22(17-23(19)29)26-32-27(34-28(33-26)36-14-12-35(2)13-15-36)31-25-18-21(10-11-30-25)24(37)16-20-6-4-3-5-7-20/h3-11,17-18H,12-16H2,1-2H3,(H,30,31,32,33,34). The Kier molecular flexibility index (Phi) is 7.14. The zero-order chi connectivity index (χ0) is 25.8. The van der Waals surface area contributed by atoms with Crippen molar-refractivity contribution in [2.75, 3.05) is 43.4 Å². The van der Waals surface area contributed by atoms with Crippen LogP contribution in [0.5, 0.6) is 0 Å². The number of hydrogen-bond acceptors (Lipinski definition) is 8. The molecule has 3 heterocycles. The number of Topliss-reactive ketones (excluding diaryl/α,β-unsaturated/α-hetero) is 1. The Morgan fingerprint density at radius 2 is 1.76 bits per heavy atom. The van der Waals surface area contributed by atoms with Gasteiger partial charge >= 0.3 is 0 Å². The lowest BCUT2D eigenvalue weighted by atomic mass is 10.0. The zero-order valence-electron chi connectivity index (χ0n) is 20.9. The van der Waals surface area contributed by atoms with E-state index in [9.17, 15) is 9.18 Å². The number of anilines is 3. The van der Waals surface area contributed by atoms with Gasteiger partial charge in [-0.2, -0.15) is 15.0 Å². The number of aromatic nitrogens is 4. The van der Waals surface area contributed by atoms with E-state index in [-0.39, 0.29) is 17.5 Å². The zero-order valence-corrected chi connectivity index (χ0v) is 20.9. The molecule has 1 N–H and O–H groups in total. The first-order valence-corrected chi connectivity index (χ1v) is 12.2. The van der Waals surface area contributed by atoms with Crippen LogP contribution in [0.2, 0.25) is 0 Å². The van der Waals surface area contributed by atoms with Crippen molar-refractivity contribution in [3.63, 3.8) is 0 Å². The molecule has 0 atom stereocenters. The monoisotopic (exact) mass is 497 g/mol. The molecule has 0 aliphatic carbocycles. The number of halogens is 1. The van der Waals surface area contributed by atoms with Crippen LogP contribution in [0.3, 0.4) is 0 Å².